The summed E-state index contributed by atoms with van der Waals surface area (Å²) in [6.45, 7) is 0. The van der Waals surface area contributed by atoms with Gasteiger partial charge in [-0.1, -0.05) is 70.9 Å². The third kappa shape index (κ3) is 4.54. The zero-order valence-electron chi connectivity index (χ0n) is 12.5. The summed E-state index contributed by atoms with van der Waals surface area (Å²) in [5.74, 6) is -0.113. The molecular weight excluding hydrogens is 365 g/mol. The van der Waals surface area contributed by atoms with Crippen molar-refractivity contribution in [3.63, 3.8) is 0 Å². The second kappa shape index (κ2) is 7.75. The average Bonchev–Trinajstić information content (AvgIpc) is 2.98. The van der Waals surface area contributed by atoms with Crippen molar-refractivity contribution >= 4 is 45.6 Å². The molecule has 122 valence electrons. The van der Waals surface area contributed by atoms with Crippen molar-refractivity contribution in [3.8, 4) is 0 Å². The van der Waals surface area contributed by atoms with Gasteiger partial charge in [0.05, 0.1) is 16.5 Å². The standard InChI is InChI=1S/C17H13Cl2N3OS/c18-13-7-6-12(8-14(13)19)10-16-21-22-17(24-16)20-15(23)9-11-4-2-1-3-5-11/h1-8H,9-10H2,(H,20,22,23). The molecular formula is C17H13Cl2N3OS. The lowest BCUT2D eigenvalue weighted by Crippen LogP contribution is -2.14. The van der Waals surface area contributed by atoms with Crippen molar-refractivity contribution in [2.75, 3.05) is 5.32 Å². The molecule has 0 spiro atoms. The largest absolute Gasteiger partial charge is 0.300 e. The zero-order valence-corrected chi connectivity index (χ0v) is 14.8. The Hall–Kier alpha value is -1.95. The lowest BCUT2D eigenvalue weighted by Gasteiger charge is -2.01. The van der Waals surface area contributed by atoms with Gasteiger partial charge in [0.15, 0.2) is 0 Å². The Morgan fingerprint density at radius 1 is 1.00 bits per heavy atom. The molecule has 0 aliphatic heterocycles. The Labute approximate surface area is 153 Å². The van der Waals surface area contributed by atoms with Gasteiger partial charge in [-0.2, -0.15) is 0 Å². The van der Waals surface area contributed by atoms with Crippen molar-refractivity contribution in [3.05, 3.63) is 74.7 Å². The van der Waals surface area contributed by atoms with E-state index in [1.165, 1.54) is 11.3 Å². The number of hydrogen-bond donors (Lipinski definition) is 1. The minimum Gasteiger partial charge on any atom is -0.300 e. The molecule has 4 nitrogen and oxygen atoms in total. The van der Waals surface area contributed by atoms with Crippen LogP contribution in [0.5, 0.6) is 0 Å². The van der Waals surface area contributed by atoms with Crippen molar-refractivity contribution < 1.29 is 4.79 Å². The topological polar surface area (TPSA) is 54.9 Å². The van der Waals surface area contributed by atoms with E-state index < -0.39 is 0 Å². The molecule has 0 aliphatic rings. The third-order valence-electron chi connectivity index (χ3n) is 3.26. The van der Waals surface area contributed by atoms with E-state index in [0.717, 1.165) is 16.1 Å². The van der Waals surface area contributed by atoms with Crippen LogP contribution in [0.15, 0.2) is 48.5 Å². The maximum absolute atomic E-state index is 12.0. The number of aromatic nitrogens is 2. The summed E-state index contributed by atoms with van der Waals surface area (Å²) in [7, 11) is 0. The van der Waals surface area contributed by atoms with Crippen LogP contribution < -0.4 is 5.32 Å². The fourth-order valence-corrected chi connectivity index (χ4v) is 3.26. The molecule has 3 rings (SSSR count). The number of carbonyl (C=O) groups excluding carboxylic acids is 1. The summed E-state index contributed by atoms with van der Waals surface area (Å²) in [6.07, 6.45) is 0.895. The van der Waals surface area contributed by atoms with Gasteiger partial charge in [-0.15, -0.1) is 10.2 Å². The first-order valence-corrected chi connectivity index (χ1v) is 8.77. The number of halogens is 2. The van der Waals surface area contributed by atoms with Gasteiger partial charge in [0, 0.05) is 6.42 Å². The molecule has 1 aromatic heterocycles. The first-order valence-electron chi connectivity index (χ1n) is 7.20. The second-order valence-corrected chi connectivity index (χ2v) is 7.01. The SMILES string of the molecule is O=C(Cc1ccccc1)Nc1nnc(Cc2ccc(Cl)c(Cl)c2)s1. The molecule has 0 unspecified atom stereocenters. The molecule has 0 fully saturated rings. The van der Waals surface area contributed by atoms with Crippen LogP contribution in [0.4, 0.5) is 5.13 Å². The predicted molar refractivity (Wildman–Crippen MR) is 98.0 cm³/mol. The number of carbonyl (C=O) groups is 1. The molecule has 2 aromatic carbocycles. The summed E-state index contributed by atoms with van der Waals surface area (Å²) >= 11 is 13.3. The van der Waals surface area contributed by atoms with Gasteiger partial charge in [0.2, 0.25) is 11.0 Å². The molecule has 0 bridgehead atoms. The number of rotatable bonds is 5. The first kappa shape index (κ1) is 16.9. The minimum absolute atomic E-state index is 0.113. The van der Waals surface area contributed by atoms with Gasteiger partial charge in [-0.25, -0.2) is 0 Å². The maximum Gasteiger partial charge on any atom is 0.230 e. The van der Waals surface area contributed by atoms with Gasteiger partial charge in [0.1, 0.15) is 5.01 Å². The lowest BCUT2D eigenvalue weighted by atomic mass is 10.1. The Morgan fingerprint density at radius 3 is 2.54 bits per heavy atom. The van der Waals surface area contributed by atoms with Gasteiger partial charge in [-0.05, 0) is 23.3 Å². The Balaban J connectivity index is 1.60. The molecule has 0 saturated heterocycles. The highest BCUT2D eigenvalue weighted by atomic mass is 35.5. The summed E-state index contributed by atoms with van der Waals surface area (Å²) < 4.78 is 0. The van der Waals surface area contributed by atoms with Crippen LogP contribution in [0, 0.1) is 0 Å². The third-order valence-corrected chi connectivity index (χ3v) is 4.84. The number of nitrogens with one attached hydrogen (secondary N) is 1. The van der Waals surface area contributed by atoms with Gasteiger partial charge >= 0.3 is 0 Å². The van der Waals surface area contributed by atoms with Crippen molar-refractivity contribution in [1.29, 1.82) is 0 Å². The average molecular weight is 378 g/mol. The van der Waals surface area contributed by atoms with E-state index >= 15 is 0 Å². The van der Waals surface area contributed by atoms with E-state index in [0.29, 0.717) is 28.0 Å². The fraction of sp³-hybridized carbons (Fsp3) is 0.118. The molecule has 1 heterocycles. The molecule has 0 saturated carbocycles. The number of anilines is 1. The lowest BCUT2D eigenvalue weighted by molar-refractivity contribution is -0.115. The second-order valence-electron chi connectivity index (χ2n) is 5.14. The molecule has 1 amide bonds. The van der Waals surface area contributed by atoms with Gasteiger partial charge in [-0.3, -0.25) is 4.79 Å². The molecule has 0 aliphatic carbocycles. The highest BCUT2D eigenvalue weighted by Crippen LogP contribution is 2.25. The number of amides is 1. The Morgan fingerprint density at radius 2 is 1.79 bits per heavy atom. The predicted octanol–water partition coefficient (Wildman–Crippen LogP) is 4.62. The fourth-order valence-electron chi connectivity index (χ4n) is 2.14. The number of benzene rings is 2. The van der Waals surface area contributed by atoms with Gasteiger partial charge < -0.3 is 5.32 Å². The molecule has 0 radical (unpaired) electrons. The monoisotopic (exact) mass is 377 g/mol. The van der Waals surface area contributed by atoms with Crippen LogP contribution in [0.25, 0.3) is 0 Å². The smallest absolute Gasteiger partial charge is 0.230 e. The van der Waals surface area contributed by atoms with Crippen LogP contribution in [-0.4, -0.2) is 16.1 Å². The van der Waals surface area contributed by atoms with Crippen LogP contribution in [0.3, 0.4) is 0 Å². The summed E-state index contributed by atoms with van der Waals surface area (Å²) in [5, 5.41) is 13.2. The first-order chi connectivity index (χ1) is 11.6. The summed E-state index contributed by atoms with van der Waals surface area (Å²) in [5.41, 5.74) is 1.94. The van der Waals surface area contributed by atoms with E-state index in [9.17, 15) is 4.79 Å². The van der Waals surface area contributed by atoms with Crippen LogP contribution in [0.1, 0.15) is 16.1 Å². The molecule has 7 heteroatoms. The normalized spacial score (nSPS) is 10.6. The Kier molecular flexibility index (Phi) is 5.45. The molecule has 0 atom stereocenters. The van der Waals surface area contributed by atoms with Crippen molar-refractivity contribution in [2.24, 2.45) is 0 Å². The quantitative estimate of drug-likeness (QED) is 0.705. The Bertz CT molecular complexity index is 852. The highest BCUT2D eigenvalue weighted by molar-refractivity contribution is 7.15. The molecule has 1 N–H and O–H groups in total. The van der Waals surface area contributed by atoms with Crippen molar-refractivity contribution in [2.45, 2.75) is 12.8 Å². The maximum atomic E-state index is 12.0. The van der Waals surface area contributed by atoms with Crippen molar-refractivity contribution in [1.82, 2.24) is 10.2 Å². The molecule has 24 heavy (non-hydrogen) atoms. The zero-order chi connectivity index (χ0) is 16.9. The van der Waals surface area contributed by atoms with E-state index in [4.69, 9.17) is 23.2 Å². The van der Waals surface area contributed by atoms with E-state index in [1.54, 1.807) is 12.1 Å². The van der Waals surface area contributed by atoms with Gasteiger partial charge in [0.25, 0.3) is 0 Å². The van der Waals surface area contributed by atoms with Crippen LogP contribution in [0.2, 0.25) is 10.0 Å². The van der Waals surface area contributed by atoms with Crippen LogP contribution in [-0.2, 0) is 17.6 Å². The minimum atomic E-state index is -0.113. The van der Waals surface area contributed by atoms with E-state index in [1.807, 2.05) is 36.4 Å². The number of nitrogens with zero attached hydrogens (tertiary/aromatic N) is 2. The van der Waals surface area contributed by atoms with E-state index in [-0.39, 0.29) is 5.91 Å². The van der Waals surface area contributed by atoms with Crippen LogP contribution >= 0.6 is 34.5 Å². The highest BCUT2D eigenvalue weighted by Gasteiger charge is 2.10. The number of hydrogen-bond acceptors (Lipinski definition) is 4. The summed E-state index contributed by atoms with van der Waals surface area (Å²) in [4.78, 5) is 12.0. The molecule has 3 aromatic rings. The van der Waals surface area contributed by atoms with E-state index in [2.05, 4.69) is 15.5 Å². The summed E-state index contributed by atoms with van der Waals surface area (Å²) in [6, 6.07) is 15.0.